The minimum Gasteiger partial charge on any atom is -0.481 e. The molecule has 0 saturated heterocycles. The van der Waals surface area contributed by atoms with E-state index in [1.165, 1.54) is 13.8 Å². The molecule has 0 radical (unpaired) electrons. The highest BCUT2D eigenvalue weighted by Gasteiger charge is 2.46. The number of carboxylic acid groups (broad SMARTS) is 1. The van der Waals surface area contributed by atoms with E-state index in [0.717, 1.165) is 0 Å². The van der Waals surface area contributed by atoms with Crippen LogP contribution in [0, 0.1) is 10.8 Å². The highest BCUT2D eigenvalue weighted by molar-refractivity contribution is 5.74. The Balaban J connectivity index is 4.83. The topological polar surface area (TPSA) is 77.8 Å². The lowest BCUT2D eigenvalue weighted by Crippen LogP contribution is -2.46. The van der Waals surface area contributed by atoms with Crippen LogP contribution in [-0.4, -0.2) is 34.5 Å². The van der Waals surface area contributed by atoms with Crippen molar-refractivity contribution in [3.05, 3.63) is 0 Å². The lowest BCUT2D eigenvalue weighted by atomic mass is 9.67. The number of aliphatic carboxylic acids is 1. The molecule has 0 atom stereocenters. The Labute approximate surface area is 71.8 Å². The summed E-state index contributed by atoms with van der Waals surface area (Å²) in [5, 5.41) is 26.7. The number of rotatable bonds is 4. The van der Waals surface area contributed by atoms with Crippen molar-refractivity contribution in [3.8, 4) is 0 Å². The van der Waals surface area contributed by atoms with Crippen LogP contribution in [0.25, 0.3) is 0 Å². The first-order valence-electron chi connectivity index (χ1n) is 3.77. The molecule has 72 valence electrons. The van der Waals surface area contributed by atoms with Gasteiger partial charge in [0.15, 0.2) is 0 Å². The molecule has 0 amide bonds. The number of aliphatic hydroxyl groups excluding tert-OH is 2. The van der Waals surface area contributed by atoms with Gasteiger partial charge >= 0.3 is 5.97 Å². The molecular formula is C8H16O4. The minimum absolute atomic E-state index is 0.344. The predicted molar refractivity (Wildman–Crippen MR) is 43.7 cm³/mol. The van der Waals surface area contributed by atoms with Gasteiger partial charge in [-0.15, -0.1) is 0 Å². The summed E-state index contributed by atoms with van der Waals surface area (Å²) in [4.78, 5) is 10.8. The maximum Gasteiger partial charge on any atom is 0.309 e. The molecule has 0 unspecified atom stereocenters. The van der Waals surface area contributed by atoms with Gasteiger partial charge in [0.05, 0.1) is 18.6 Å². The monoisotopic (exact) mass is 176 g/mol. The van der Waals surface area contributed by atoms with Gasteiger partial charge in [-0.25, -0.2) is 0 Å². The molecule has 0 saturated carbocycles. The number of hydrogen-bond donors (Lipinski definition) is 3. The Morgan fingerprint density at radius 1 is 1.17 bits per heavy atom. The molecule has 0 aromatic rings. The number of hydrogen-bond acceptors (Lipinski definition) is 3. The van der Waals surface area contributed by atoms with Crippen LogP contribution in [0.1, 0.15) is 20.8 Å². The average molecular weight is 176 g/mol. The Morgan fingerprint density at radius 3 is 1.58 bits per heavy atom. The summed E-state index contributed by atoms with van der Waals surface area (Å²) in [5.41, 5.74) is -2.12. The maximum atomic E-state index is 10.8. The van der Waals surface area contributed by atoms with Crippen LogP contribution in [0.3, 0.4) is 0 Å². The van der Waals surface area contributed by atoms with Gasteiger partial charge in [-0.05, 0) is 13.8 Å². The predicted octanol–water partition coefficient (Wildman–Crippen LogP) is 0.0881. The van der Waals surface area contributed by atoms with E-state index in [1.807, 2.05) is 0 Å². The fourth-order valence-corrected chi connectivity index (χ4v) is 0.703. The molecule has 3 N–H and O–H groups in total. The summed E-state index contributed by atoms with van der Waals surface area (Å²) in [6.07, 6.45) is 0. The molecule has 12 heavy (non-hydrogen) atoms. The SMILES string of the molecule is CC(CO)(CO)C(C)(C)C(=O)O. The molecule has 4 nitrogen and oxygen atoms in total. The lowest BCUT2D eigenvalue weighted by molar-refractivity contribution is -0.159. The second kappa shape index (κ2) is 3.41. The van der Waals surface area contributed by atoms with E-state index in [4.69, 9.17) is 15.3 Å². The van der Waals surface area contributed by atoms with Crippen molar-refractivity contribution in [3.63, 3.8) is 0 Å². The Hall–Kier alpha value is -0.610. The summed E-state index contributed by atoms with van der Waals surface area (Å²) < 4.78 is 0. The summed E-state index contributed by atoms with van der Waals surface area (Å²) in [7, 11) is 0. The van der Waals surface area contributed by atoms with Crippen LogP contribution in [0.15, 0.2) is 0 Å². The van der Waals surface area contributed by atoms with E-state index >= 15 is 0 Å². The van der Waals surface area contributed by atoms with Crippen molar-refractivity contribution in [2.24, 2.45) is 10.8 Å². The Bertz CT molecular complexity index is 170. The Kier molecular flexibility index (Phi) is 3.24. The highest BCUT2D eigenvalue weighted by Crippen LogP contribution is 2.38. The number of aliphatic hydroxyl groups is 2. The fraction of sp³-hybridized carbons (Fsp3) is 0.875. The summed E-state index contributed by atoms with van der Waals surface area (Å²) in [5.74, 6) is -1.02. The van der Waals surface area contributed by atoms with Gasteiger partial charge < -0.3 is 15.3 Å². The van der Waals surface area contributed by atoms with Crippen molar-refractivity contribution in [1.29, 1.82) is 0 Å². The van der Waals surface area contributed by atoms with Gasteiger partial charge in [0, 0.05) is 5.41 Å². The third kappa shape index (κ3) is 1.59. The molecule has 0 fully saturated rings. The van der Waals surface area contributed by atoms with E-state index in [0.29, 0.717) is 0 Å². The van der Waals surface area contributed by atoms with Crippen LogP contribution < -0.4 is 0 Å². The molecule has 0 spiro atoms. The van der Waals surface area contributed by atoms with Gasteiger partial charge in [-0.2, -0.15) is 0 Å². The molecule has 0 aliphatic heterocycles. The normalized spacial score (nSPS) is 13.1. The zero-order valence-corrected chi connectivity index (χ0v) is 7.66. The van der Waals surface area contributed by atoms with Crippen LogP contribution in [0.2, 0.25) is 0 Å². The van der Waals surface area contributed by atoms with Crippen molar-refractivity contribution < 1.29 is 20.1 Å². The zero-order chi connectivity index (χ0) is 9.99. The molecule has 0 aromatic carbocycles. The fourth-order valence-electron chi connectivity index (χ4n) is 0.703. The molecule has 0 aliphatic carbocycles. The molecule has 0 aromatic heterocycles. The van der Waals surface area contributed by atoms with E-state index in [-0.39, 0.29) is 13.2 Å². The highest BCUT2D eigenvalue weighted by atomic mass is 16.4. The summed E-state index contributed by atoms with van der Waals surface area (Å²) in [6.45, 7) is 3.83. The smallest absolute Gasteiger partial charge is 0.309 e. The Morgan fingerprint density at radius 2 is 1.50 bits per heavy atom. The lowest BCUT2D eigenvalue weighted by Gasteiger charge is -2.38. The maximum absolute atomic E-state index is 10.8. The van der Waals surface area contributed by atoms with E-state index in [1.54, 1.807) is 6.92 Å². The molecule has 0 aliphatic rings. The quantitative estimate of drug-likeness (QED) is 0.567. The molecule has 0 bridgehead atoms. The van der Waals surface area contributed by atoms with Crippen LogP contribution >= 0.6 is 0 Å². The van der Waals surface area contributed by atoms with E-state index in [9.17, 15) is 4.79 Å². The molecule has 0 heterocycles. The third-order valence-electron chi connectivity index (χ3n) is 2.74. The molecular weight excluding hydrogens is 160 g/mol. The van der Waals surface area contributed by atoms with Gasteiger partial charge in [0.25, 0.3) is 0 Å². The van der Waals surface area contributed by atoms with Crippen LogP contribution in [0.5, 0.6) is 0 Å². The van der Waals surface area contributed by atoms with Crippen molar-refractivity contribution in [2.45, 2.75) is 20.8 Å². The third-order valence-corrected chi connectivity index (χ3v) is 2.74. The standard InChI is InChI=1S/C8H16O4/c1-7(2,6(11)12)8(3,4-9)5-10/h9-10H,4-5H2,1-3H3,(H,11,12). The average Bonchev–Trinajstić information content (AvgIpc) is 2.02. The van der Waals surface area contributed by atoms with Gasteiger partial charge in [-0.3, -0.25) is 4.79 Å². The van der Waals surface area contributed by atoms with Gasteiger partial charge in [0.1, 0.15) is 0 Å². The van der Waals surface area contributed by atoms with E-state index in [2.05, 4.69) is 0 Å². The van der Waals surface area contributed by atoms with Crippen molar-refractivity contribution >= 4 is 5.97 Å². The second-order valence-electron chi connectivity index (χ2n) is 3.81. The van der Waals surface area contributed by atoms with Gasteiger partial charge in [-0.1, -0.05) is 6.92 Å². The second-order valence-corrected chi connectivity index (χ2v) is 3.81. The van der Waals surface area contributed by atoms with E-state index < -0.39 is 16.8 Å². The summed E-state index contributed by atoms with van der Waals surface area (Å²) in [6, 6.07) is 0. The first-order chi connectivity index (χ1) is 5.31. The molecule has 4 heteroatoms. The van der Waals surface area contributed by atoms with Crippen molar-refractivity contribution in [2.75, 3.05) is 13.2 Å². The van der Waals surface area contributed by atoms with Crippen LogP contribution in [0.4, 0.5) is 0 Å². The minimum atomic E-state index is -1.13. The van der Waals surface area contributed by atoms with Crippen LogP contribution in [-0.2, 0) is 4.79 Å². The number of carbonyl (C=O) groups is 1. The van der Waals surface area contributed by atoms with Gasteiger partial charge in [0.2, 0.25) is 0 Å². The molecule has 0 rings (SSSR count). The first kappa shape index (κ1) is 11.4. The first-order valence-corrected chi connectivity index (χ1v) is 3.77. The largest absolute Gasteiger partial charge is 0.481 e. The number of carboxylic acids is 1. The summed E-state index contributed by atoms with van der Waals surface area (Å²) >= 11 is 0. The van der Waals surface area contributed by atoms with Crippen molar-refractivity contribution in [1.82, 2.24) is 0 Å². The zero-order valence-electron chi connectivity index (χ0n) is 7.66.